The Labute approximate surface area is 123 Å². The molecule has 1 aliphatic heterocycles. The first-order valence-corrected chi connectivity index (χ1v) is 6.76. The summed E-state index contributed by atoms with van der Waals surface area (Å²) in [6.45, 7) is 4.53. The summed E-state index contributed by atoms with van der Waals surface area (Å²) in [5.74, 6) is -0.510. The fraction of sp³-hybridized carbons (Fsp3) is 0.357. The van der Waals surface area contributed by atoms with Gasteiger partial charge in [0.1, 0.15) is 4.99 Å². The zero-order valence-corrected chi connectivity index (χ0v) is 12.3. The van der Waals surface area contributed by atoms with Gasteiger partial charge >= 0.3 is 0 Å². The summed E-state index contributed by atoms with van der Waals surface area (Å²) in [6.07, 6.45) is 0. The van der Waals surface area contributed by atoms with Crippen molar-refractivity contribution >= 4 is 29.0 Å². The van der Waals surface area contributed by atoms with Gasteiger partial charge in [-0.2, -0.15) is 0 Å². The predicted molar refractivity (Wildman–Crippen MR) is 80.1 cm³/mol. The normalized spacial score (nSPS) is 19.8. The maximum absolute atomic E-state index is 11.6. The van der Waals surface area contributed by atoms with Crippen molar-refractivity contribution in [3.05, 3.63) is 34.9 Å². The Bertz CT molecular complexity index is 586. The van der Waals surface area contributed by atoms with Crippen molar-refractivity contribution in [1.82, 2.24) is 10.2 Å². The van der Waals surface area contributed by atoms with Crippen molar-refractivity contribution < 1.29 is 9.59 Å². The van der Waals surface area contributed by atoms with Crippen LogP contribution in [0, 0.1) is 6.92 Å². The zero-order chi connectivity index (χ0) is 14.9. The van der Waals surface area contributed by atoms with Gasteiger partial charge < -0.3 is 5.73 Å². The molecule has 1 aromatic carbocycles. The molecule has 20 heavy (non-hydrogen) atoms. The molecule has 106 valence electrons. The lowest BCUT2D eigenvalue weighted by Crippen LogP contribution is -2.56. The molecule has 2 rings (SSSR count). The maximum atomic E-state index is 11.6. The van der Waals surface area contributed by atoms with E-state index in [1.165, 1.54) is 0 Å². The second-order valence-corrected chi connectivity index (χ2v) is 5.44. The monoisotopic (exact) mass is 291 g/mol. The second kappa shape index (κ2) is 5.68. The Morgan fingerprint density at radius 2 is 2.20 bits per heavy atom. The molecule has 0 spiro atoms. The van der Waals surface area contributed by atoms with E-state index in [9.17, 15) is 9.59 Å². The third-order valence-corrected chi connectivity index (χ3v) is 3.77. The van der Waals surface area contributed by atoms with Gasteiger partial charge in [-0.05, 0) is 31.0 Å². The number of piperazine rings is 1. The van der Waals surface area contributed by atoms with Gasteiger partial charge in [-0.15, -0.1) is 0 Å². The third kappa shape index (κ3) is 3.02. The van der Waals surface area contributed by atoms with Crippen LogP contribution >= 0.6 is 12.2 Å². The van der Waals surface area contributed by atoms with Gasteiger partial charge in [-0.1, -0.05) is 24.4 Å². The van der Waals surface area contributed by atoms with E-state index in [1.807, 2.05) is 30.0 Å². The number of nitrogens with zero attached hydrogens (tertiary/aromatic N) is 1. The number of carbonyl (C=O) groups excluding carboxylic acids is 2. The summed E-state index contributed by atoms with van der Waals surface area (Å²) < 4.78 is 0. The van der Waals surface area contributed by atoms with Gasteiger partial charge in [0.25, 0.3) is 0 Å². The van der Waals surface area contributed by atoms with Gasteiger partial charge in [-0.25, -0.2) is 0 Å². The number of nitrogens with one attached hydrogen (secondary N) is 1. The van der Waals surface area contributed by atoms with E-state index in [2.05, 4.69) is 5.32 Å². The lowest BCUT2D eigenvalue weighted by atomic mass is 10.0. The minimum atomic E-state index is -0.317. The van der Waals surface area contributed by atoms with Crippen molar-refractivity contribution in [3.63, 3.8) is 0 Å². The highest BCUT2D eigenvalue weighted by Crippen LogP contribution is 2.16. The van der Waals surface area contributed by atoms with Crippen molar-refractivity contribution in [2.45, 2.75) is 26.4 Å². The Hall–Kier alpha value is -1.79. The number of aryl methyl sites for hydroxylation is 1. The smallest absolute Gasteiger partial charge is 0.243 e. The minimum absolute atomic E-state index is 0.226. The number of carbonyl (C=O) groups is 2. The summed E-state index contributed by atoms with van der Waals surface area (Å²) in [7, 11) is 0. The van der Waals surface area contributed by atoms with Crippen LogP contribution in [-0.4, -0.2) is 34.3 Å². The first-order valence-electron chi connectivity index (χ1n) is 6.35. The van der Waals surface area contributed by atoms with Crippen LogP contribution in [0.15, 0.2) is 18.2 Å². The van der Waals surface area contributed by atoms with Gasteiger partial charge in [0, 0.05) is 12.1 Å². The summed E-state index contributed by atoms with van der Waals surface area (Å²) >= 11 is 4.95. The molecule has 1 atom stereocenters. The van der Waals surface area contributed by atoms with Crippen molar-refractivity contribution in [2.75, 3.05) is 6.54 Å². The molecule has 0 bridgehead atoms. The Balaban J connectivity index is 2.19. The molecular weight excluding hydrogens is 274 g/mol. The minimum Gasteiger partial charge on any atom is -0.389 e. The molecule has 0 aromatic heterocycles. The molecule has 1 unspecified atom stereocenters. The predicted octanol–water partition coefficient (Wildman–Crippen LogP) is 0.476. The van der Waals surface area contributed by atoms with Crippen molar-refractivity contribution in [3.8, 4) is 0 Å². The summed E-state index contributed by atoms with van der Waals surface area (Å²) in [5, 5.41) is 2.33. The van der Waals surface area contributed by atoms with E-state index in [0.717, 1.165) is 16.7 Å². The van der Waals surface area contributed by atoms with E-state index in [-0.39, 0.29) is 24.4 Å². The molecule has 1 aliphatic rings. The van der Waals surface area contributed by atoms with E-state index in [4.69, 9.17) is 18.0 Å². The average Bonchev–Trinajstić information content (AvgIpc) is 2.37. The van der Waals surface area contributed by atoms with Crippen LogP contribution in [0.2, 0.25) is 0 Å². The standard InChI is InChI=1S/C14H17N3O2S/c1-8-5-10(13(15)20)3-4-11(8)6-17-7-12(18)16-14(19)9(17)2/h3-5,9H,6-7H2,1-2H3,(H2,15,20)(H,16,18,19). The van der Waals surface area contributed by atoms with Crippen LogP contribution in [0.4, 0.5) is 0 Å². The molecule has 6 heteroatoms. The number of hydrogen-bond acceptors (Lipinski definition) is 4. The second-order valence-electron chi connectivity index (χ2n) is 5.00. The number of nitrogens with two attached hydrogens (primary N) is 1. The number of benzene rings is 1. The van der Waals surface area contributed by atoms with E-state index >= 15 is 0 Å². The Morgan fingerprint density at radius 1 is 1.50 bits per heavy atom. The molecule has 3 N–H and O–H groups in total. The molecule has 0 radical (unpaired) electrons. The number of amides is 2. The van der Waals surface area contributed by atoms with Crippen molar-refractivity contribution in [1.29, 1.82) is 0 Å². The maximum Gasteiger partial charge on any atom is 0.243 e. The van der Waals surface area contributed by atoms with Crippen LogP contribution in [0.3, 0.4) is 0 Å². The van der Waals surface area contributed by atoms with E-state index in [0.29, 0.717) is 11.5 Å². The van der Waals surface area contributed by atoms with Crippen LogP contribution in [0.25, 0.3) is 0 Å². The van der Waals surface area contributed by atoms with Crippen LogP contribution in [0.5, 0.6) is 0 Å². The van der Waals surface area contributed by atoms with Gasteiger partial charge in [0.2, 0.25) is 11.8 Å². The van der Waals surface area contributed by atoms with Crippen LogP contribution in [-0.2, 0) is 16.1 Å². The molecule has 0 aliphatic carbocycles. The van der Waals surface area contributed by atoms with Gasteiger partial charge in [0.15, 0.2) is 0 Å². The van der Waals surface area contributed by atoms with E-state index < -0.39 is 0 Å². The Kier molecular flexibility index (Phi) is 4.15. The fourth-order valence-electron chi connectivity index (χ4n) is 2.21. The molecular formula is C14H17N3O2S. The molecule has 1 heterocycles. The third-order valence-electron chi connectivity index (χ3n) is 3.54. The Morgan fingerprint density at radius 3 is 2.80 bits per heavy atom. The average molecular weight is 291 g/mol. The molecule has 1 saturated heterocycles. The lowest BCUT2D eigenvalue weighted by molar-refractivity contribution is -0.139. The molecule has 0 saturated carbocycles. The lowest BCUT2D eigenvalue weighted by Gasteiger charge is -2.32. The topological polar surface area (TPSA) is 75.4 Å². The molecule has 5 nitrogen and oxygen atoms in total. The zero-order valence-electron chi connectivity index (χ0n) is 11.5. The van der Waals surface area contributed by atoms with Crippen molar-refractivity contribution in [2.24, 2.45) is 5.73 Å². The highest BCUT2D eigenvalue weighted by molar-refractivity contribution is 7.80. The SMILES string of the molecule is Cc1cc(C(N)=S)ccc1CN1CC(=O)NC(=O)C1C. The first-order chi connectivity index (χ1) is 9.38. The largest absolute Gasteiger partial charge is 0.389 e. The number of imide groups is 1. The highest BCUT2D eigenvalue weighted by Gasteiger charge is 2.30. The van der Waals surface area contributed by atoms with Crippen LogP contribution in [0.1, 0.15) is 23.6 Å². The number of rotatable bonds is 3. The highest BCUT2D eigenvalue weighted by atomic mass is 32.1. The first kappa shape index (κ1) is 14.6. The van der Waals surface area contributed by atoms with Gasteiger partial charge in [-0.3, -0.25) is 19.8 Å². The van der Waals surface area contributed by atoms with Gasteiger partial charge in [0.05, 0.1) is 12.6 Å². The molecule has 1 fully saturated rings. The number of thiocarbonyl (C=S) groups is 1. The van der Waals surface area contributed by atoms with E-state index in [1.54, 1.807) is 6.92 Å². The molecule has 1 aromatic rings. The summed E-state index contributed by atoms with van der Waals surface area (Å²) in [5.41, 5.74) is 8.52. The fourth-order valence-corrected chi connectivity index (χ4v) is 2.33. The summed E-state index contributed by atoms with van der Waals surface area (Å²) in [6, 6.07) is 5.41. The quantitative estimate of drug-likeness (QED) is 0.626. The molecule has 2 amide bonds. The summed E-state index contributed by atoms with van der Waals surface area (Å²) in [4.78, 5) is 25.3. The van der Waals surface area contributed by atoms with Crippen LogP contribution < -0.4 is 11.1 Å². The number of hydrogen-bond donors (Lipinski definition) is 2.